The summed E-state index contributed by atoms with van der Waals surface area (Å²) in [6.45, 7) is -0.393. The molecule has 1 saturated heterocycles. The maximum absolute atomic E-state index is 12.7. The molecule has 13 heteroatoms. The molecule has 0 unspecified atom stereocenters. The summed E-state index contributed by atoms with van der Waals surface area (Å²) in [5.41, 5.74) is 0.350. The molecule has 1 aromatic carbocycles. The van der Waals surface area contributed by atoms with E-state index >= 15 is 0 Å². The average Bonchev–Trinajstić information content (AvgIpc) is 3.25. The third kappa shape index (κ3) is 3.92. The van der Waals surface area contributed by atoms with Gasteiger partial charge in [-0.3, -0.25) is 4.57 Å². The summed E-state index contributed by atoms with van der Waals surface area (Å²) >= 11 is 6.06. The summed E-state index contributed by atoms with van der Waals surface area (Å²) in [6.07, 6.45) is -5.86. The topological polar surface area (TPSA) is 126 Å². The van der Waals surface area contributed by atoms with Crippen LogP contribution in [0.4, 0.5) is 19.0 Å². The van der Waals surface area contributed by atoms with E-state index in [-0.39, 0.29) is 17.7 Å². The molecule has 2 aromatic heterocycles. The quantitative estimate of drug-likeness (QED) is 0.424. The van der Waals surface area contributed by atoms with Gasteiger partial charge in [0.25, 0.3) is 0 Å². The number of aromatic nitrogens is 4. The van der Waals surface area contributed by atoms with E-state index in [0.717, 1.165) is 12.1 Å². The molecule has 0 radical (unpaired) electrons. The highest BCUT2D eigenvalue weighted by Gasteiger charge is 2.55. The minimum absolute atomic E-state index is 0.168. The number of aliphatic hydroxyl groups excluding tert-OH is 2. The normalized spacial score (nSPS) is 26.5. The monoisotopic (exact) mass is 459 g/mol. The molecule has 4 atom stereocenters. The Labute approximate surface area is 178 Å². The zero-order valence-corrected chi connectivity index (χ0v) is 16.4. The van der Waals surface area contributed by atoms with Gasteiger partial charge < -0.3 is 25.4 Å². The zero-order chi connectivity index (χ0) is 22.4. The van der Waals surface area contributed by atoms with Crippen LogP contribution in [0.15, 0.2) is 36.9 Å². The van der Waals surface area contributed by atoms with Crippen molar-refractivity contribution in [3.8, 4) is 0 Å². The predicted octanol–water partition coefficient (Wildman–Crippen LogP) is 1.64. The van der Waals surface area contributed by atoms with E-state index in [9.17, 15) is 28.5 Å². The first-order valence-electron chi connectivity index (χ1n) is 9.06. The Morgan fingerprint density at radius 2 is 1.90 bits per heavy atom. The van der Waals surface area contributed by atoms with Crippen molar-refractivity contribution in [3.63, 3.8) is 0 Å². The Balaban J connectivity index is 1.57. The standard InChI is InChI=1S/C18H17ClF3N5O4/c19-17(30)13(29)11(6-28)31-16(17)27-8-26-12-14(24-7-25-15(12)27)23-5-9-1-3-10(4-2-9)18(20,21)22/h1-4,7-8,11,13,16,28-30H,5-6H2,(H,23,24,25)/t11-,13-,16-,17-/m1/s1. The molecule has 1 aliphatic rings. The van der Waals surface area contributed by atoms with E-state index in [0.29, 0.717) is 11.4 Å². The van der Waals surface area contributed by atoms with Gasteiger partial charge in [-0.15, -0.1) is 0 Å². The fraction of sp³-hybridized carbons (Fsp3) is 0.389. The summed E-state index contributed by atoms with van der Waals surface area (Å²) in [7, 11) is 0. The molecule has 0 aliphatic carbocycles. The molecule has 0 bridgehead atoms. The highest BCUT2D eigenvalue weighted by Crippen LogP contribution is 2.42. The lowest BCUT2D eigenvalue weighted by molar-refractivity contribution is -0.137. The van der Waals surface area contributed by atoms with Crippen molar-refractivity contribution < 1.29 is 33.2 Å². The Morgan fingerprint density at radius 1 is 1.19 bits per heavy atom. The van der Waals surface area contributed by atoms with E-state index < -0.39 is 41.8 Å². The van der Waals surface area contributed by atoms with Crippen molar-refractivity contribution in [2.75, 3.05) is 11.9 Å². The van der Waals surface area contributed by atoms with Crippen LogP contribution in [-0.4, -0.2) is 58.7 Å². The van der Waals surface area contributed by atoms with Gasteiger partial charge in [-0.2, -0.15) is 13.2 Å². The zero-order valence-electron chi connectivity index (χ0n) is 15.7. The van der Waals surface area contributed by atoms with Crippen LogP contribution in [0.5, 0.6) is 0 Å². The molecule has 9 nitrogen and oxygen atoms in total. The van der Waals surface area contributed by atoms with Crippen LogP contribution in [0.2, 0.25) is 0 Å². The van der Waals surface area contributed by atoms with Crippen molar-refractivity contribution >= 4 is 28.6 Å². The second-order valence-electron chi connectivity index (χ2n) is 6.98. The first kappa shape index (κ1) is 21.7. The number of fused-ring (bicyclic) bond motifs is 1. The lowest BCUT2D eigenvalue weighted by Crippen LogP contribution is -2.42. The van der Waals surface area contributed by atoms with E-state index in [4.69, 9.17) is 16.3 Å². The lowest BCUT2D eigenvalue weighted by atomic mass is 10.1. The van der Waals surface area contributed by atoms with E-state index in [1.165, 1.54) is 29.4 Å². The number of rotatable bonds is 5. The molecule has 0 saturated carbocycles. The highest BCUT2D eigenvalue weighted by atomic mass is 35.5. The minimum atomic E-state index is -4.41. The molecule has 3 heterocycles. The van der Waals surface area contributed by atoms with Crippen LogP contribution in [0.25, 0.3) is 11.2 Å². The molecule has 3 aromatic rings. The molecule has 31 heavy (non-hydrogen) atoms. The first-order chi connectivity index (χ1) is 14.6. The van der Waals surface area contributed by atoms with Gasteiger partial charge in [0.2, 0.25) is 5.06 Å². The summed E-state index contributed by atoms with van der Waals surface area (Å²) < 4.78 is 44.8. The Hall–Kier alpha value is -2.51. The fourth-order valence-corrected chi connectivity index (χ4v) is 3.59. The van der Waals surface area contributed by atoms with Gasteiger partial charge >= 0.3 is 6.18 Å². The van der Waals surface area contributed by atoms with Gasteiger partial charge in [0.1, 0.15) is 18.5 Å². The number of imidazole rings is 1. The molecule has 0 spiro atoms. The maximum Gasteiger partial charge on any atom is 0.416 e. The maximum atomic E-state index is 12.7. The number of aliphatic hydroxyl groups is 3. The second kappa shape index (κ2) is 7.88. The van der Waals surface area contributed by atoms with E-state index in [1.807, 2.05) is 0 Å². The first-order valence-corrected chi connectivity index (χ1v) is 9.44. The third-order valence-electron chi connectivity index (χ3n) is 4.95. The number of nitrogens with one attached hydrogen (secondary N) is 1. The number of halogens is 4. The van der Waals surface area contributed by atoms with Crippen LogP contribution >= 0.6 is 11.6 Å². The summed E-state index contributed by atoms with van der Waals surface area (Å²) in [4.78, 5) is 12.4. The van der Waals surface area contributed by atoms with Crippen molar-refractivity contribution in [1.82, 2.24) is 19.5 Å². The lowest BCUT2D eigenvalue weighted by Gasteiger charge is -2.24. The Morgan fingerprint density at radius 3 is 2.52 bits per heavy atom. The number of benzene rings is 1. The molecule has 4 rings (SSSR count). The Kier molecular flexibility index (Phi) is 5.52. The van der Waals surface area contributed by atoms with Crippen LogP contribution in [-0.2, 0) is 17.5 Å². The van der Waals surface area contributed by atoms with E-state index in [2.05, 4.69) is 20.3 Å². The summed E-state index contributed by atoms with van der Waals surface area (Å²) in [6, 6.07) is 4.68. The second-order valence-corrected chi connectivity index (χ2v) is 7.58. The number of hydrogen-bond acceptors (Lipinski definition) is 8. The number of anilines is 1. The molecule has 4 N–H and O–H groups in total. The molecule has 1 fully saturated rings. The molecule has 1 aliphatic heterocycles. The van der Waals surface area contributed by atoms with Crippen molar-refractivity contribution in [3.05, 3.63) is 48.0 Å². The predicted molar refractivity (Wildman–Crippen MR) is 102 cm³/mol. The van der Waals surface area contributed by atoms with Gasteiger partial charge in [0.05, 0.1) is 18.5 Å². The van der Waals surface area contributed by atoms with Gasteiger partial charge in [0, 0.05) is 6.54 Å². The van der Waals surface area contributed by atoms with Crippen molar-refractivity contribution in [2.45, 2.75) is 36.2 Å². The van der Waals surface area contributed by atoms with Crippen LogP contribution in [0.3, 0.4) is 0 Å². The van der Waals surface area contributed by atoms with Gasteiger partial charge in [-0.05, 0) is 17.7 Å². The van der Waals surface area contributed by atoms with Gasteiger partial charge in [0.15, 0.2) is 23.2 Å². The number of alkyl halides is 4. The van der Waals surface area contributed by atoms with Crippen molar-refractivity contribution in [1.29, 1.82) is 0 Å². The molecule has 0 amide bonds. The minimum Gasteiger partial charge on any atom is -0.394 e. The largest absolute Gasteiger partial charge is 0.416 e. The highest BCUT2D eigenvalue weighted by molar-refractivity contribution is 6.23. The fourth-order valence-electron chi connectivity index (χ4n) is 3.30. The molecular weight excluding hydrogens is 443 g/mol. The number of ether oxygens (including phenoxy) is 1. The Bertz CT molecular complexity index is 1080. The SMILES string of the molecule is OC[C@H]1O[C@@H](n2cnc3c(NCc4ccc(C(F)(F)F)cc4)ncnc32)[C@@](O)(Cl)[C@@H]1O. The van der Waals surface area contributed by atoms with Crippen molar-refractivity contribution in [2.24, 2.45) is 0 Å². The molecular formula is C18H17ClF3N5O4. The smallest absolute Gasteiger partial charge is 0.394 e. The summed E-state index contributed by atoms with van der Waals surface area (Å²) in [5, 5.41) is 30.6. The number of nitrogens with zero attached hydrogens (tertiary/aromatic N) is 4. The average molecular weight is 460 g/mol. The van der Waals surface area contributed by atoms with Crippen LogP contribution in [0, 0.1) is 0 Å². The van der Waals surface area contributed by atoms with Gasteiger partial charge in [-0.25, -0.2) is 15.0 Å². The molecule has 166 valence electrons. The summed E-state index contributed by atoms with van der Waals surface area (Å²) in [5.74, 6) is 0.291. The van der Waals surface area contributed by atoms with Crippen LogP contribution < -0.4 is 5.32 Å². The van der Waals surface area contributed by atoms with Crippen LogP contribution in [0.1, 0.15) is 17.4 Å². The third-order valence-corrected chi connectivity index (χ3v) is 5.36. The van der Waals surface area contributed by atoms with Gasteiger partial charge in [-0.1, -0.05) is 23.7 Å². The van der Waals surface area contributed by atoms with E-state index in [1.54, 1.807) is 0 Å². The number of hydrogen-bond donors (Lipinski definition) is 4.